The van der Waals surface area contributed by atoms with Gasteiger partial charge in [-0.25, -0.2) is 12.7 Å². The third kappa shape index (κ3) is 4.35. The molecule has 1 aromatic rings. The lowest BCUT2D eigenvalue weighted by Gasteiger charge is -2.31. The first-order valence-electron chi connectivity index (χ1n) is 6.50. The van der Waals surface area contributed by atoms with Gasteiger partial charge in [-0.1, -0.05) is 11.6 Å². The third-order valence-electron chi connectivity index (χ3n) is 3.47. The smallest absolute Gasteiger partial charge is 0.211 e. The summed E-state index contributed by atoms with van der Waals surface area (Å²) < 4.78 is 25.6. The summed E-state index contributed by atoms with van der Waals surface area (Å²) in [5.41, 5.74) is 0.984. The molecule has 0 radical (unpaired) electrons. The van der Waals surface area contributed by atoms with E-state index in [-0.39, 0.29) is 0 Å². The number of piperidine rings is 1. The SMILES string of the molecule is CS(=O)(=O)N1CCCC(CNc2ccc(Cl)c(Br)c2)C1. The Morgan fingerprint density at radius 1 is 1.50 bits per heavy atom. The molecule has 7 heteroatoms. The van der Waals surface area contributed by atoms with Crippen molar-refractivity contribution in [3.63, 3.8) is 0 Å². The predicted molar refractivity (Wildman–Crippen MR) is 86.8 cm³/mol. The quantitative estimate of drug-likeness (QED) is 0.871. The van der Waals surface area contributed by atoms with Crippen molar-refractivity contribution in [2.75, 3.05) is 31.2 Å². The zero-order valence-electron chi connectivity index (χ0n) is 11.3. The van der Waals surface area contributed by atoms with Crippen molar-refractivity contribution in [1.29, 1.82) is 0 Å². The van der Waals surface area contributed by atoms with Crippen molar-refractivity contribution >= 4 is 43.2 Å². The second-order valence-electron chi connectivity index (χ2n) is 5.14. The second kappa shape index (κ2) is 6.64. The fourth-order valence-corrected chi connectivity index (χ4v) is 3.80. The Morgan fingerprint density at radius 2 is 2.25 bits per heavy atom. The van der Waals surface area contributed by atoms with E-state index in [2.05, 4.69) is 21.2 Å². The second-order valence-corrected chi connectivity index (χ2v) is 8.38. The van der Waals surface area contributed by atoms with E-state index in [4.69, 9.17) is 11.6 Å². The maximum Gasteiger partial charge on any atom is 0.211 e. The molecule has 1 N–H and O–H groups in total. The van der Waals surface area contributed by atoms with Gasteiger partial charge in [-0.2, -0.15) is 0 Å². The van der Waals surface area contributed by atoms with Crippen molar-refractivity contribution in [2.24, 2.45) is 5.92 Å². The minimum absolute atomic E-state index is 0.341. The van der Waals surface area contributed by atoms with Crippen molar-refractivity contribution in [3.05, 3.63) is 27.7 Å². The maximum absolute atomic E-state index is 11.6. The van der Waals surface area contributed by atoms with Gasteiger partial charge in [0.2, 0.25) is 10.0 Å². The zero-order valence-corrected chi connectivity index (χ0v) is 14.4. The van der Waals surface area contributed by atoms with Crippen molar-refractivity contribution in [2.45, 2.75) is 12.8 Å². The van der Waals surface area contributed by atoms with Crippen molar-refractivity contribution in [3.8, 4) is 0 Å². The van der Waals surface area contributed by atoms with Gasteiger partial charge in [0, 0.05) is 29.8 Å². The van der Waals surface area contributed by atoms with E-state index in [1.807, 2.05) is 18.2 Å². The first-order valence-corrected chi connectivity index (χ1v) is 9.52. The lowest BCUT2D eigenvalue weighted by Crippen LogP contribution is -2.41. The summed E-state index contributed by atoms with van der Waals surface area (Å²) in [6, 6.07) is 5.68. The van der Waals surface area contributed by atoms with Crippen LogP contribution in [0.3, 0.4) is 0 Å². The maximum atomic E-state index is 11.6. The average Bonchev–Trinajstić information content (AvgIpc) is 2.39. The van der Waals surface area contributed by atoms with Crippen LogP contribution in [0.5, 0.6) is 0 Å². The van der Waals surface area contributed by atoms with Crippen LogP contribution in [-0.4, -0.2) is 38.6 Å². The number of benzene rings is 1. The molecule has 1 saturated heterocycles. The van der Waals surface area contributed by atoms with Gasteiger partial charge in [-0.15, -0.1) is 0 Å². The number of hydrogen-bond acceptors (Lipinski definition) is 3. The highest BCUT2D eigenvalue weighted by molar-refractivity contribution is 9.10. The molecular weight excluding hydrogens is 364 g/mol. The monoisotopic (exact) mass is 380 g/mol. The molecule has 2 rings (SSSR count). The van der Waals surface area contributed by atoms with E-state index in [1.54, 1.807) is 4.31 Å². The first kappa shape index (κ1) is 16.1. The Hall–Kier alpha value is -0.300. The summed E-state index contributed by atoms with van der Waals surface area (Å²) >= 11 is 9.34. The van der Waals surface area contributed by atoms with Gasteiger partial charge in [0.1, 0.15) is 0 Å². The molecule has 112 valence electrons. The fourth-order valence-electron chi connectivity index (χ4n) is 2.36. The predicted octanol–water partition coefficient (Wildman–Crippen LogP) is 3.19. The van der Waals surface area contributed by atoms with E-state index in [0.717, 1.165) is 29.5 Å². The van der Waals surface area contributed by atoms with Crippen LogP contribution in [0.4, 0.5) is 5.69 Å². The zero-order chi connectivity index (χ0) is 14.8. The summed E-state index contributed by atoms with van der Waals surface area (Å²) in [7, 11) is -3.07. The van der Waals surface area contributed by atoms with E-state index >= 15 is 0 Å². The molecule has 0 amide bonds. The van der Waals surface area contributed by atoms with Crippen LogP contribution in [0.25, 0.3) is 0 Å². The molecule has 1 heterocycles. The molecule has 20 heavy (non-hydrogen) atoms. The van der Waals surface area contributed by atoms with Gasteiger partial charge in [-0.3, -0.25) is 0 Å². The molecule has 4 nitrogen and oxygen atoms in total. The van der Waals surface area contributed by atoms with Crippen molar-refractivity contribution in [1.82, 2.24) is 4.31 Å². The first-order chi connectivity index (χ1) is 9.36. The van der Waals surface area contributed by atoms with E-state index in [0.29, 0.717) is 24.0 Å². The minimum Gasteiger partial charge on any atom is -0.385 e. The molecule has 0 aliphatic carbocycles. The Labute approximate surface area is 133 Å². The number of anilines is 1. The molecule has 1 aromatic carbocycles. The summed E-state index contributed by atoms with van der Waals surface area (Å²) in [6.07, 6.45) is 3.25. The van der Waals surface area contributed by atoms with Crippen LogP contribution in [0.1, 0.15) is 12.8 Å². The summed E-state index contributed by atoms with van der Waals surface area (Å²) in [5, 5.41) is 4.02. The summed E-state index contributed by atoms with van der Waals surface area (Å²) in [6.45, 7) is 2.00. The number of nitrogens with one attached hydrogen (secondary N) is 1. The Bertz CT molecular complexity index is 580. The number of halogens is 2. The van der Waals surface area contributed by atoms with Gasteiger partial charge in [0.25, 0.3) is 0 Å². The molecule has 1 fully saturated rings. The van der Waals surface area contributed by atoms with Gasteiger partial charge in [-0.05, 0) is 52.9 Å². The van der Waals surface area contributed by atoms with Crippen LogP contribution in [-0.2, 0) is 10.0 Å². The van der Waals surface area contributed by atoms with Gasteiger partial charge < -0.3 is 5.32 Å². The van der Waals surface area contributed by atoms with E-state index in [9.17, 15) is 8.42 Å². The molecular formula is C13H18BrClN2O2S. The molecule has 0 saturated carbocycles. The Morgan fingerprint density at radius 3 is 2.90 bits per heavy atom. The number of sulfonamides is 1. The molecule has 1 unspecified atom stereocenters. The van der Waals surface area contributed by atoms with Crippen LogP contribution in [0.15, 0.2) is 22.7 Å². The normalized spacial score (nSPS) is 20.9. The minimum atomic E-state index is -3.07. The largest absolute Gasteiger partial charge is 0.385 e. The number of rotatable bonds is 4. The van der Waals surface area contributed by atoms with Gasteiger partial charge in [0.05, 0.1) is 11.3 Å². The average molecular weight is 382 g/mol. The molecule has 1 atom stereocenters. The number of nitrogens with zero attached hydrogens (tertiary/aromatic N) is 1. The lowest BCUT2D eigenvalue weighted by atomic mass is 9.99. The van der Waals surface area contributed by atoms with Crippen LogP contribution >= 0.6 is 27.5 Å². The summed E-state index contributed by atoms with van der Waals surface area (Å²) in [4.78, 5) is 0. The molecule has 0 aromatic heterocycles. The van der Waals surface area contributed by atoms with Crippen molar-refractivity contribution < 1.29 is 8.42 Å². The molecule has 1 aliphatic heterocycles. The topological polar surface area (TPSA) is 49.4 Å². The molecule has 1 aliphatic rings. The number of hydrogen-bond donors (Lipinski definition) is 1. The van der Waals surface area contributed by atoms with Gasteiger partial charge in [0.15, 0.2) is 0 Å². The highest BCUT2D eigenvalue weighted by Gasteiger charge is 2.25. The van der Waals surface area contributed by atoms with Crippen LogP contribution < -0.4 is 5.32 Å². The highest BCUT2D eigenvalue weighted by Crippen LogP contribution is 2.26. The van der Waals surface area contributed by atoms with Gasteiger partial charge >= 0.3 is 0 Å². The lowest BCUT2D eigenvalue weighted by molar-refractivity contribution is 0.277. The Balaban J connectivity index is 1.92. The summed E-state index contributed by atoms with van der Waals surface area (Å²) in [5.74, 6) is 0.341. The van der Waals surface area contributed by atoms with Crippen LogP contribution in [0.2, 0.25) is 5.02 Å². The van der Waals surface area contributed by atoms with E-state index < -0.39 is 10.0 Å². The molecule has 0 spiro atoms. The standard InChI is InChI=1S/C13H18BrClN2O2S/c1-20(18,19)17-6-2-3-10(9-17)8-16-11-4-5-13(15)12(14)7-11/h4-5,7,10,16H,2-3,6,8-9H2,1H3. The Kier molecular flexibility index (Phi) is 5.34. The van der Waals surface area contributed by atoms with Crippen LogP contribution in [0, 0.1) is 5.92 Å². The highest BCUT2D eigenvalue weighted by atomic mass is 79.9. The molecule has 0 bridgehead atoms. The third-order valence-corrected chi connectivity index (χ3v) is 5.95. The van der Waals surface area contributed by atoms with E-state index in [1.165, 1.54) is 6.26 Å². The fraction of sp³-hybridized carbons (Fsp3) is 0.538.